The van der Waals surface area contributed by atoms with Crippen LogP contribution in [0.2, 0.25) is 0 Å². The number of aryl methyl sites for hydroxylation is 1. The van der Waals surface area contributed by atoms with Gasteiger partial charge >= 0.3 is 0 Å². The lowest BCUT2D eigenvalue weighted by Gasteiger charge is -2.21. The first kappa shape index (κ1) is 23.3. The lowest BCUT2D eigenvalue weighted by molar-refractivity contribution is -0.123. The summed E-state index contributed by atoms with van der Waals surface area (Å²) in [7, 11) is 0. The normalized spacial score (nSPS) is 20.1. The van der Waals surface area contributed by atoms with Crippen molar-refractivity contribution in [2.75, 3.05) is 5.32 Å². The van der Waals surface area contributed by atoms with E-state index in [1.54, 1.807) is 0 Å². The number of thiophene rings is 1. The summed E-state index contributed by atoms with van der Waals surface area (Å²) in [5.41, 5.74) is 3.36. The Morgan fingerprint density at radius 2 is 1.88 bits per heavy atom. The number of hydrogen-bond acceptors (Lipinski definition) is 5. The van der Waals surface area contributed by atoms with E-state index in [9.17, 15) is 9.59 Å². The molecule has 182 valence electrons. The standard InChI is InChI=1S/C27H36N4O2S/c1-16-22(14-20(15-28-16)19-7-8-19)29-17(2)24-11-12-25(34-24)27(33)31-23(13-18-5-3-4-6-18)26(32)30-21-9-10-21/h11-12,14-15,17-19,21,23,29H,3-10,13H2,1-2H3,(H,30,32)(H,31,33)/t17-,23+/m1/s1. The van der Waals surface area contributed by atoms with Crippen LogP contribution in [-0.4, -0.2) is 28.9 Å². The fourth-order valence-electron chi connectivity index (χ4n) is 4.92. The van der Waals surface area contributed by atoms with Gasteiger partial charge in [0, 0.05) is 17.1 Å². The Hall–Kier alpha value is -2.41. The van der Waals surface area contributed by atoms with Crippen LogP contribution in [0.4, 0.5) is 5.69 Å². The molecule has 34 heavy (non-hydrogen) atoms. The van der Waals surface area contributed by atoms with Gasteiger partial charge in [0.1, 0.15) is 6.04 Å². The number of amides is 2. The molecule has 0 bridgehead atoms. The summed E-state index contributed by atoms with van der Waals surface area (Å²) in [6.45, 7) is 4.14. The molecule has 3 fully saturated rings. The van der Waals surface area contributed by atoms with Gasteiger partial charge in [-0.25, -0.2) is 0 Å². The van der Waals surface area contributed by atoms with Crippen LogP contribution in [0.5, 0.6) is 0 Å². The maximum atomic E-state index is 13.1. The second-order valence-corrected chi connectivity index (χ2v) is 11.6. The molecule has 3 aliphatic carbocycles. The van der Waals surface area contributed by atoms with E-state index in [0.717, 1.165) is 48.4 Å². The zero-order chi connectivity index (χ0) is 23.7. The monoisotopic (exact) mass is 480 g/mol. The van der Waals surface area contributed by atoms with Crippen LogP contribution >= 0.6 is 11.3 Å². The van der Waals surface area contributed by atoms with E-state index < -0.39 is 6.04 Å². The van der Waals surface area contributed by atoms with Gasteiger partial charge in [0.2, 0.25) is 5.91 Å². The molecule has 2 aromatic heterocycles. The molecule has 3 aliphatic rings. The highest BCUT2D eigenvalue weighted by atomic mass is 32.1. The van der Waals surface area contributed by atoms with Gasteiger partial charge in [0.15, 0.2) is 0 Å². The third-order valence-electron chi connectivity index (χ3n) is 7.40. The number of hydrogen-bond donors (Lipinski definition) is 3. The van der Waals surface area contributed by atoms with Crippen molar-refractivity contribution in [2.24, 2.45) is 5.92 Å². The van der Waals surface area contributed by atoms with Gasteiger partial charge in [0.25, 0.3) is 5.91 Å². The molecule has 2 heterocycles. The lowest BCUT2D eigenvalue weighted by Crippen LogP contribution is -2.48. The van der Waals surface area contributed by atoms with Crippen molar-refractivity contribution >= 4 is 28.8 Å². The van der Waals surface area contributed by atoms with E-state index in [4.69, 9.17) is 0 Å². The first-order valence-corrected chi connectivity index (χ1v) is 13.7. The van der Waals surface area contributed by atoms with Crippen molar-refractivity contribution in [1.29, 1.82) is 0 Å². The summed E-state index contributed by atoms with van der Waals surface area (Å²) in [4.78, 5) is 32.3. The van der Waals surface area contributed by atoms with Crippen molar-refractivity contribution in [2.45, 2.75) is 95.7 Å². The first-order chi connectivity index (χ1) is 16.5. The molecular formula is C27H36N4O2S. The number of rotatable bonds is 10. The van der Waals surface area contributed by atoms with Crippen LogP contribution in [-0.2, 0) is 4.79 Å². The van der Waals surface area contributed by atoms with E-state index in [2.05, 4.69) is 33.9 Å². The van der Waals surface area contributed by atoms with E-state index >= 15 is 0 Å². The van der Waals surface area contributed by atoms with Gasteiger partial charge < -0.3 is 16.0 Å². The number of carbonyl (C=O) groups excluding carboxylic acids is 2. The molecule has 0 aliphatic heterocycles. The minimum atomic E-state index is -0.448. The van der Waals surface area contributed by atoms with Crippen molar-refractivity contribution in [3.63, 3.8) is 0 Å². The van der Waals surface area contributed by atoms with Crippen molar-refractivity contribution in [3.8, 4) is 0 Å². The summed E-state index contributed by atoms with van der Waals surface area (Å²) in [5, 5.41) is 9.74. The third-order valence-corrected chi connectivity index (χ3v) is 8.66. The van der Waals surface area contributed by atoms with Gasteiger partial charge in [-0.15, -0.1) is 11.3 Å². The number of carbonyl (C=O) groups is 2. The Balaban J connectivity index is 1.22. The summed E-state index contributed by atoms with van der Waals surface area (Å²) in [5.74, 6) is 1.02. The molecule has 6 nitrogen and oxygen atoms in total. The van der Waals surface area contributed by atoms with E-state index in [1.807, 2.05) is 25.3 Å². The topological polar surface area (TPSA) is 83.1 Å². The van der Waals surface area contributed by atoms with Crippen LogP contribution in [0.15, 0.2) is 24.4 Å². The highest BCUT2D eigenvalue weighted by Gasteiger charge is 2.31. The predicted octanol–water partition coefficient (Wildman–Crippen LogP) is 5.46. The van der Waals surface area contributed by atoms with Crippen molar-refractivity contribution in [3.05, 3.63) is 45.4 Å². The van der Waals surface area contributed by atoms with Gasteiger partial charge in [-0.1, -0.05) is 25.7 Å². The average Bonchev–Trinajstić information content (AvgIpc) is 3.72. The Morgan fingerprint density at radius 3 is 2.59 bits per heavy atom. The average molecular weight is 481 g/mol. The van der Waals surface area contributed by atoms with Gasteiger partial charge in [-0.3, -0.25) is 14.6 Å². The largest absolute Gasteiger partial charge is 0.376 e. The van der Waals surface area contributed by atoms with E-state index in [-0.39, 0.29) is 17.9 Å². The number of pyridine rings is 1. The zero-order valence-electron chi connectivity index (χ0n) is 20.2. The highest BCUT2D eigenvalue weighted by Crippen LogP contribution is 2.41. The van der Waals surface area contributed by atoms with Gasteiger partial charge in [-0.2, -0.15) is 0 Å². The van der Waals surface area contributed by atoms with Crippen LogP contribution in [0.25, 0.3) is 0 Å². The van der Waals surface area contributed by atoms with Crippen LogP contribution in [0.3, 0.4) is 0 Å². The smallest absolute Gasteiger partial charge is 0.262 e. The van der Waals surface area contributed by atoms with Crippen LogP contribution in [0, 0.1) is 12.8 Å². The zero-order valence-corrected chi connectivity index (χ0v) is 21.0. The molecule has 2 atom stereocenters. The number of nitrogens with zero attached hydrogens (tertiary/aromatic N) is 1. The molecule has 0 spiro atoms. The van der Waals surface area contributed by atoms with Crippen LogP contribution < -0.4 is 16.0 Å². The minimum Gasteiger partial charge on any atom is -0.376 e. The molecule has 0 aromatic carbocycles. The minimum absolute atomic E-state index is 0.0203. The summed E-state index contributed by atoms with van der Waals surface area (Å²) < 4.78 is 0. The van der Waals surface area contributed by atoms with Crippen LogP contribution in [0.1, 0.15) is 102 Å². The Bertz CT molecular complexity index is 1040. The second kappa shape index (κ2) is 10.1. The molecule has 5 rings (SSSR count). The maximum Gasteiger partial charge on any atom is 0.262 e. The van der Waals surface area contributed by atoms with E-state index in [0.29, 0.717) is 22.8 Å². The fraction of sp³-hybridized carbons (Fsp3) is 0.593. The maximum absolute atomic E-state index is 13.1. The molecule has 3 N–H and O–H groups in total. The third kappa shape index (κ3) is 5.80. The molecule has 7 heteroatoms. The summed E-state index contributed by atoms with van der Waals surface area (Å²) in [6.07, 6.45) is 12.1. The molecule has 0 unspecified atom stereocenters. The Kier molecular flexibility index (Phi) is 6.91. The molecular weight excluding hydrogens is 444 g/mol. The quantitative estimate of drug-likeness (QED) is 0.422. The molecule has 0 saturated heterocycles. The van der Waals surface area contributed by atoms with Crippen molar-refractivity contribution < 1.29 is 9.59 Å². The molecule has 3 saturated carbocycles. The first-order valence-electron chi connectivity index (χ1n) is 12.9. The molecule has 2 amide bonds. The Morgan fingerprint density at radius 1 is 1.12 bits per heavy atom. The number of anilines is 1. The lowest BCUT2D eigenvalue weighted by atomic mass is 9.97. The van der Waals surface area contributed by atoms with Gasteiger partial charge in [-0.05, 0) is 81.5 Å². The van der Waals surface area contributed by atoms with Gasteiger partial charge in [0.05, 0.1) is 22.3 Å². The SMILES string of the molecule is Cc1ncc(C2CC2)cc1N[C@H](C)c1ccc(C(=O)N[C@@H](CC2CCCC2)C(=O)NC2CC2)s1. The summed E-state index contributed by atoms with van der Waals surface area (Å²) in [6, 6.07) is 6.03. The van der Waals surface area contributed by atoms with E-state index in [1.165, 1.54) is 42.6 Å². The molecule has 2 aromatic rings. The summed E-state index contributed by atoms with van der Waals surface area (Å²) >= 11 is 1.49. The van der Waals surface area contributed by atoms with Crippen molar-refractivity contribution in [1.82, 2.24) is 15.6 Å². The highest BCUT2D eigenvalue weighted by molar-refractivity contribution is 7.14. The number of nitrogens with one attached hydrogen (secondary N) is 3. The predicted molar refractivity (Wildman–Crippen MR) is 136 cm³/mol. The molecule has 0 radical (unpaired) electrons. The number of aromatic nitrogens is 1. The second-order valence-electron chi connectivity index (χ2n) is 10.4. The Labute approximate surface area is 206 Å². The fourth-order valence-corrected chi connectivity index (χ4v) is 5.83.